The van der Waals surface area contributed by atoms with Gasteiger partial charge in [0.1, 0.15) is 5.82 Å². The predicted molar refractivity (Wildman–Crippen MR) is 64.4 cm³/mol. The Bertz CT molecular complexity index is 412. The average Bonchev–Trinajstić information content (AvgIpc) is 2.26. The summed E-state index contributed by atoms with van der Waals surface area (Å²) >= 11 is 0. The summed E-state index contributed by atoms with van der Waals surface area (Å²) in [6.07, 6.45) is 0. The Morgan fingerprint density at radius 3 is 2.59 bits per heavy atom. The van der Waals surface area contributed by atoms with E-state index in [0.717, 1.165) is 0 Å². The van der Waals surface area contributed by atoms with Crippen LogP contribution in [0.25, 0.3) is 0 Å². The number of nitrogens with one attached hydrogen (secondary N) is 1. The Hall–Kier alpha value is -1.42. The summed E-state index contributed by atoms with van der Waals surface area (Å²) in [7, 11) is 0. The molecule has 0 aromatic heterocycles. The van der Waals surface area contributed by atoms with Crippen molar-refractivity contribution in [2.24, 2.45) is 0 Å². The molecule has 1 aliphatic rings. The fourth-order valence-electron chi connectivity index (χ4n) is 2.30. The Morgan fingerprint density at radius 1 is 1.35 bits per heavy atom. The summed E-state index contributed by atoms with van der Waals surface area (Å²) < 4.78 is 13.1. The normalized spacial score (nSPS) is 24.8. The molecule has 92 valence electrons. The van der Waals surface area contributed by atoms with Crippen LogP contribution < -0.4 is 5.32 Å². The van der Waals surface area contributed by atoms with Crippen LogP contribution in [0.3, 0.4) is 0 Å². The van der Waals surface area contributed by atoms with E-state index in [-0.39, 0.29) is 23.8 Å². The van der Waals surface area contributed by atoms with Gasteiger partial charge in [-0.15, -0.1) is 0 Å². The number of halogens is 1. The van der Waals surface area contributed by atoms with Gasteiger partial charge in [0, 0.05) is 30.7 Å². The minimum absolute atomic E-state index is 0.0929. The molecule has 0 aliphatic carbocycles. The van der Waals surface area contributed by atoms with E-state index in [1.165, 1.54) is 12.1 Å². The van der Waals surface area contributed by atoms with Crippen molar-refractivity contribution in [3.63, 3.8) is 0 Å². The molecule has 1 saturated heterocycles. The van der Waals surface area contributed by atoms with E-state index in [2.05, 4.69) is 5.32 Å². The van der Waals surface area contributed by atoms with Crippen LogP contribution in [0.15, 0.2) is 24.3 Å². The topological polar surface area (TPSA) is 32.3 Å². The second kappa shape index (κ2) is 4.84. The van der Waals surface area contributed by atoms with Gasteiger partial charge < -0.3 is 10.2 Å². The van der Waals surface area contributed by atoms with Crippen LogP contribution in [0.1, 0.15) is 24.2 Å². The maximum Gasteiger partial charge on any atom is 0.254 e. The quantitative estimate of drug-likeness (QED) is 0.804. The van der Waals surface area contributed by atoms with Crippen LogP contribution in [0.4, 0.5) is 4.39 Å². The molecule has 0 saturated carbocycles. The van der Waals surface area contributed by atoms with Gasteiger partial charge in [-0.2, -0.15) is 0 Å². The van der Waals surface area contributed by atoms with Gasteiger partial charge in [-0.1, -0.05) is 6.07 Å². The maximum absolute atomic E-state index is 13.1. The Kier molecular flexibility index (Phi) is 3.43. The standard InChI is InChI=1S/C13H17FN2O/c1-9-7-16(8-10(2)15-9)13(17)11-4-3-5-12(14)6-11/h3-6,9-10,15H,7-8H2,1-2H3. The molecule has 1 N–H and O–H groups in total. The van der Waals surface area contributed by atoms with Crippen molar-refractivity contribution in [3.05, 3.63) is 35.6 Å². The molecule has 2 rings (SSSR count). The zero-order chi connectivity index (χ0) is 12.4. The first-order valence-corrected chi connectivity index (χ1v) is 5.87. The number of carbonyl (C=O) groups is 1. The van der Waals surface area contributed by atoms with E-state index in [4.69, 9.17) is 0 Å². The lowest BCUT2D eigenvalue weighted by Gasteiger charge is -2.36. The number of carbonyl (C=O) groups excluding carboxylic acids is 1. The zero-order valence-electron chi connectivity index (χ0n) is 10.1. The van der Waals surface area contributed by atoms with Crippen LogP contribution in [0.5, 0.6) is 0 Å². The molecule has 3 nitrogen and oxygen atoms in total. The van der Waals surface area contributed by atoms with E-state index >= 15 is 0 Å². The summed E-state index contributed by atoms with van der Waals surface area (Å²) in [4.78, 5) is 14.0. The van der Waals surface area contributed by atoms with E-state index in [1.54, 1.807) is 17.0 Å². The van der Waals surface area contributed by atoms with Crippen LogP contribution in [-0.4, -0.2) is 36.0 Å². The molecule has 0 radical (unpaired) electrons. The van der Waals surface area contributed by atoms with Crippen molar-refractivity contribution < 1.29 is 9.18 Å². The Balaban J connectivity index is 2.14. The number of hydrogen-bond acceptors (Lipinski definition) is 2. The second-order valence-corrected chi connectivity index (χ2v) is 4.69. The van der Waals surface area contributed by atoms with Crippen molar-refractivity contribution in [3.8, 4) is 0 Å². The average molecular weight is 236 g/mol. The van der Waals surface area contributed by atoms with Crippen LogP contribution in [0.2, 0.25) is 0 Å². The molecule has 17 heavy (non-hydrogen) atoms. The zero-order valence-corrected chi connectivity index (χ0v) is 10.1. The van der Waals surface area contributed by atoms with Gasteiger partial charge in [0.15, 0.2) is 0 Å². The van der Waals surface area contributed by atoms with Crippen molar-refractivity contribution in [2.75, 3.05) is 13.1 Å². The van der Waals surface area contributed by atoms with Gasteiger partial charge >= 0.3 is 0 Å². The fourth-order valence-corrected chi connectivity index (χ4v) is 2.30. The molecular weight excluding hydrogens is 219 g/mol. The summed E-state index contributed by atoms with van der Waals surface area (Å²) in [5.74, 6) is -0.461. The van der Waals surface area contributed by atoms with Gasteiger partial charge in [-0.3, -0.25) is 4.79 Å². The maximum atomic E-state index is 13.1. The lowest BCUT2D eigenvalue weighted by Crippen LogP contribution is -2.55. The lowest BCUT2D eigenvalue weighted by molar-refractivity contribution is 0.0673. The highest BCUT2D eigenvalue weighted by molar-refractivity contribution is 5.94. The molecule has 1 amide bonds. The van der Waals surface area contributed by atoms with Crippen molar-refractivity contribution in [1.29, 1.82) is 0 Å². The number of amides is 1. The summed E-state index contributed by atoms with van der Waals surface area (Å²) in [6, 6.07) is 6.41. The molecule has 4 heteroatoms. The summed E-state index contributed by atoms with van der Waals surface area (Å²) in [5.41, 5.74) is 0.423. The van der Waals surface area contributed by atoms with E-state index in [9.17, 15) is 9.18 Å². The summed E-state index contributed by atoms with van der Waals surface area (Å²) in [6.45, 7) is 5.42. The van der Waals surface area contributed by atoms with Crippen LogP contribution >= 0.6 is 0 Å². The Morgan fingerprint density at radius 2 is 2.00 bits per heavy atom. The first-order chi connectivity index (χ1) is 8.06. The first-order valence-electron chi connectivity index (χ1n) is 5.87. The third-order valence-electron chi connectivity index (χ3n) is 2.92. The van der Waals surface area contributed by atoms with Gasteiger partial charge in [-0.25, -0.2) is 4.39 Å². The third kappa shape index (κ3) is 2.82. The SMILES string of the molecule is CC1CN(C(=O)c2cccc(F)c2)CC(C)N1. The van der Waals surface area contributed by atoms with Gasteiger partial charge in [0.25, 0.3) is 5.91 Å². The molecular formula is C13H17FN2O. The monoisotopic (exact) mass is 236 g/mol. The van der Waals surface area contributed by atoms with Gasteiger partial charge in [-0.05, 0) is 32.0 Å². The molecule has 1 fully saturated rings. The molecule has 2 atom stereocenters. The second-order valence-electron chi connectivity index (χ2n) is 4.69. The minimum atomic E-state index is -0.368. The van der Waals surface area contributed by atoms with Crippen LogP contribution in [-0.2, 0) is 0 Å². The number of rotatable bonds is 1. The van der Waals surface area contributed by atoms with Gasteiger partial charge in [0.2, 0.25) is 0 Å². The first kappa shape index (κ1) is 12.0. The van der Waals surface area contributed by atoms with E-state index in [1.807, 2.05) is 13.8 Å². The van der Waals surface area contributed by atoms with Crippen LogP contribution in [0, 0.1) is 5.82 Å². The molecule has 0 bridgehead atoms. The van der Waals surface area contributed by atoms with Crippen molar-refractivity contribution in [2.45, 2.75) is 25.9 Å². The summed E-state index contributed by atoms with van der Waals surface area (Å²) in [5, 5.41) is 3.36. The van der Waals surface area contributed by atoms with Crippen molar-refractivity contribution >= 4 is 5.91 Å². The fraction of sp³-hybridized carbons (Fsp3) is 0.462. The molecule has 1 heterocycles. The molecule has 0 spiro atoms. The Labute approximate surface area is 101 Å². The largest absolute Gasteiger partial charge is 0.336 e. The smallest absolute Gasteiger partial charge is 0.254 e. The minimum Gasteiger partial charge on any atom is -0.336 e. The highest BCUT2D eigenvalue weighted by Crippen LogP contribution is 2.11. The number of benzene rings is 1. The predicted octanol–water partition coefficient (Wildman–Crippen LogP) is 1.65. The molecule has 2 unspecified atom stereocenters. The number of hydrogen-bond donors (Lipinski definition) is 1. The number of piperazine rings is 1. The molecule has 1 aromatic carbocycles. The van der Waals surface area contributed by atoms with Gasteiger partial charge in [0.05, 0.1) is 0 Å². The van der Waals surface area contributed by atoms with E-state index < -0.39 is 0 Å². The lowest BCUT2D eigenvalue weighted by atomic mass is 10.1. The molecule has 1 aliphatic heterocycles. The highest BCUT2D eigenvalue weighted by atomic mass is 19.1. The molecule has 1 aromatic rings. The van der Waals surface area contributed by atoms with E-state index in [0.29, 0.717) is 18.7 Å². The number of nitrogens with zero attached hydrogens (tertiary/aromatic N) is 1. The highest BCUT2D eigenvalue weighted by Gasteiger charge is 2.25. The third-order valence-corrected chi connectivity index (χ3v) is 2.92. The van der Waals surface area contributed by atoms with Crippen molar-refractivity contribution in [1.82, 2.24) is 10.2 Å².